The highest BCUT2D eigenvalue weighted by atomic mass is 32.2. The van der Waals surface area contributed by atoms with Crippen LogP contribution in [-0.4, -0.2) is 20.7 Å². The molecule has 0 amide bonds. The van der Waals surface area contributed by atoms with Crippen molar-refractivity contribution >= 4 is 23.5 Å². The third-order valence-electron chi connectivity index (χ3n) is 6.25. The Morgan fingerprint density at radius 1 is 0.656 bits per heavy atom. The lowest BCUT2D eigenvalue weighted by Gasteiger charge is -2.32. The molecule has 0 unspecified atom stereocenters. The Kier molecular flexibility index (Phi) is 7.56. The first-order valence-corrected chi connectivity index (χ1v) is 13.5. The summed E-state index contributed by atoms with van der Waals surface area (Å²) in [5.41, 5.74) is 4.24. The van der Waals surface area contributed by atoms with Crippen LogP contribution in [0.3, 0.4) is 0 Å². The number of hydrogen-bond acceptors (Lipinski definition) is 4. The molecule has 1 saturated carbocycles. The van der Waals surface area contributed by atoms with Gasteiger partial charge in [0, 0.05) is 31.4 Å². The van der Waals surface area contributed by atoms with Crippen LogP contribution in [0.25, 0.3) is 0 Å². The molecule has 2 aromatic rings. The molecular formula is C28H40O2S2. The summed E-state index contributed by atoms with van der Waals surface area (Å²) in [5.74, 6) is 0.881. The van der Waals surface area contributed by atoms with Gasteiger partial charge in [-0.3, -0.25) is 0 Å². The van der Waals surface area contributed by atoms with Crippen LogP contribution >= 0.6 is 23.5 Å². The lowest BCUT2D eigenvalue weighted by atomic mass is 9.85. The molecular weight excluding hydrogens is 432 g/mol. The maximum Gasteiger partial charge on any atom is 0.132 e. The lowest BCUT2D eigenvalue weighted by Crippen LogP contribution is -2.24. The molecule has 3 rings (SSSR count). The number of benzene rings is 2. The summed E-state index contributed by atoms with van der Waals surface area (Å²) in [5, 5.41) is 23.0. The average Bonchev–Trinajstić information content (AvgIpc) is 2.66. The van der Waals surface area contributed by atoms with E-state index >= 15 is 0 Å². The van der Waals surface area contributed by atoms with Crippen LogP contribution in [0.2, 0.25) is 0 Å². The van der Waals surface area contributed by atoms with Gasteiger partial charge in [0.15, 0.2) is 0 Å². The van der Waals surface area contributed by atoms with Gasteiger partial charge < -0.3 is 10.2 Å². The standard InChI is InChI=1S/C28H40O2S2/c1-17-13-19(27(3,4)5)25(29)23(15-17)31-21-11-9-10-12-22(21)32-24-16-18(2)14-20(26(24)30)28(6,7)8/h13-16,21-22,29-30H,9-12H2,1-8H3/t21-,22-/m0/s1. The van der Waals surface area contributed by atoms with E-state index in [-0.39, 0.29) is 10.8 Å². The fourth-order valence-electron chi connectivity index (χ4n) is 4.47. The van der Waals surface area contributed by atoms with Crippen LogP contribution in [0.4, 0.5) is 0 Å². The fourth-order valence-corrected chi connectivity index (χ4v) is 7.55. The molecule has 0 spiro atoms. The first kappa shape index (κ1) is 25.4. The number of aromatic hydroxyl groups is 2. The molecule has 32 heavy (non-hydrogen) atoms. The molecule has 0 saturated heterocycles. The summed E-state index contributed by atoms with van der Waals surface area (Å²) < 4.78 is 0. The molecule has 0 aliphatic heterocycles. The van der Waals surface area contributed by atoms with Crippen LogP contribution < -0.4 is 0 Å². The smallest absolute Gasteiger partial charge is 0.132 e. The summed E-state index contributed by atoms with van der Waals surface area (Å²) in [6, 6.07) is 8.50. The van der Waals surface area contributed by atoms with Gasteiger partial charge >= 0.3 is 0 Å². The van der Waals surface area contributed by atoms with Crippen LogP contribution in [0.1, 0.15) is 89.5 Å². The maximum atomic E-state index is 11.1. The summed E-state index contributed by atoms with van der Waals surface area (Å²) in [6.45, 7) is 17.2. The number of phenolic OH excluding ortho intramolecular Hbond substituents is 2. The number of aryl methyl sites for hydroxylation is 2. The van der Waals surface area contributed by atoms with Gasteiger partial charge in [-0.1, -0.05) is 66.5 Å². The molecule has 0 radical (unpaired) electrons. The largest absolute Gasteiger partial charge is 0.506 e. The molecule has 0 aromatic heterocycles. The van der Waals surface area contributed by atoms with Gasteiger partial charge in [0.05, 0.1) is 0 Å². The van der Waals surface area contributed by atoms with Crippen molar-refractivity contribution in [1.29, 1.82) is 0 Å². The van der Waals surface area contributed by atoms with Crippen LogP contribution in [0, 0.1) is 13.8 Å². The molecule has 2 aromatic carbocycles. The molecule has 2 N–H and O–H groups in total. The van der Waals surface area contributed by atoms with Gasteiger partial charge in [0.2, 0.25) is 0 Å². The second kappa shape index (κ2) is 9.54. The van der Waals surface area contributed by atoms with Crippen molar-refractivity contribution < 1.29 is 10.2 Å². The van der Waals surface area contributed by atoms with Crippen molar-refractivity contribution in [3.8, 4) is 11.5 Å². The minimum absolute atomic E-state index is 0.0944. The zero-order valence-electron chi connectivity index (χ0n) is 21.0. The number of phenols is 2. The van der Waals surface area contributed by atoms with E-state index in [1.54, 1.807) is 0 Å². The van der Waals surface area contributed by atoms with E-state index in [1.165, 1.54) is 24.0 Å². The van der Waals surface area contributed by atoms with Gasteiger partial charge in [-0.05, 0) is 60.8 Å². The van der Waals surface area contributed by atoms with E-state index in [1.807, 2.05) is 23.5 Å². The summed E-state index contributed by atoms with van der Waals surface area (Å²) in [4.78, 5) is 1.99. The third-order valence-corrected chi connectivity index (χ3v) is 9.29. The van der Waals surface area contributed by atoms with Crippen molar-refractivity contribution in [3.05, 3.63) is 46.5 Å². The highest BCUT2D eigenvalue weighted by Gasteiger charge is 2.31. The van der Waals surface area contributed by atoms with Crippen molar-refractivity contribution in [2.75, 3.05) is 0 Å². The Hall–Kier alpha value is -1.26. The van der Waals surface area contributed by atoms with Gasteiger partial charge in [0.25, 0.3) is 0 Å². The van der Waals surface area contributed by atoms with E-state index in [0.717, 1.165) is 33.8 Å². The minimum atomic E-state index is -0.0944. The van der Waals surface area contributed by atoms with E-state index in [9.17, 15) is 10.2 Å². The first-order valence-electron chi connectivity index (χ1n) is 11.8. The molecule has 2 nitrogen and oxygen atoms in total. The highest BCUT2D eigenvalue weighted by molar-refractivity contribution is 8.04. The van der Waals surface area contributed by atoms with E-state index in [0.29, 0.717) is 22.0 Å². The van der Waals surface area contributed by atoms with Crippen molar-refractivity contribution in [3.63, 3.8) is 0 Å². The predicted molar refractivity (Wildman–Crippen MR) is 141 cm³/mol. The van der Waals surface area contributed by atoms with E-state index in [4.69, 9.17) is 0 Å². The van der Waals surface area contributed by atoms with Crippen LogP contribution in [0.15, 0.2) is 34.1 Å². The Morgan fingerprint density at radius 2 is 1.00 bits per heavy atom. The lowest BCUT2D eigenvalue weighted by molar-refractivity contribution is 0.432. The molecule has 0 bridgehead atoms. The number of hydrogen-bond donors (Lipinski definition) is 2. The summed E-state index contributed by atoms with van der Waals surface area (Å²) in [7, 11) is 0. The Bertz CT molecular complexity index is 887. The number of thioether (sulfide) groups is 2. The number of rotatable bonds is 4. The minimum Gasteiger partial charge on any atom is -0.506 e. The summed E-state index contributed by atoms with van der Waals surface area (Å²) >= 11 is 3.66. The van der Waals surface area contributed by atoms with Crippen molar-refractivity contribution in [2.45, 2.75) is 112 Å². The van der Waals surface area contributed by atoms with Gasteiger partial charge in [-0.15, -0.1) is 23.5 Å². The quantitative estimate of drug-likeness (QED) is 0.468. The molecule has 2 atom stereocenters. The van der Waals surface area contributed by atoms with Crippen LogP contribution in [-0.2, 0) is 10.8 Å². The topological polar surface area (TPSA) is 40.5 Å². The monoisotopic (exact) mass is 472 g/mol. The normalized spacial score (nSPS) is 19.9. The molecule has 1 aliphatic rings. The van der Waals surface area contributed by atoms with Crippen LogP contribution in [0.5, 0.6) is 11.5 Å². The molecule has 176 valence electrons. The van der Waals surface area contributed by atoms with Crippen molar-refractivity contribution in [2.24, 2.45) is 0 Å². The zero-order valence-corrected chi connectivity index (χ0v) is 22.6. The molecule has 1 fully saturated rings. The van der Waals surface area contributed by atoms with E-state index in [2.05, 4.69) is 79.7 Å². The van der Waals surface area contributed by atoms with Gasteiger partial charge in [-0.2, -0.15) is 0 Å². The first-order chi connectivity index (χ1) is 14.8. The van der Waals surface area contributed by atoms with Gasteiger partial charge in [0.1, 0.15) is 11.5 Å². The summed E-state index contributed by atoms with van der Waals surface area (Å²) in [6.07, 6.45) is 4.72. The molecule has 4 heteroatoms. The maximum absolute atomic E-state index is 11.1. The second-order valence-corrected chi connectivity index (χ2v) is 14.0. The van der Waals surface area contributed by atoms with E-state index < -0.39 is 0 Å². The fraction of sp³-hybridized carbons (Fsp3) is 0.571. The SMILES string of the molecule is Cc1cc(S[C@H]2CCCC[C@@H]2Sc2cc(C)cc(C(C)(C)C)c2O)c(O)c(C(C)(C)C)c1. The predicted octanol–water partition coefficient (Wildman–Crippen LogP) is 8.51. The average molecular weight is 473 g/mol. The van der Waals surface area contributed by atoms with Crippen molar-refractivity contribution in [1.82, 2.24) is 0 Å². The second-order valence-electron chi connectivity index (χ2n) is 11.4. The molecule has 1 aliphatic carbocycles. The Balaban J connectivity index is 1.91. The Morgan fingerprint density at radius 3 is 1.31 bits per heavy atom. The Labute approximate surface area is 203 Å². The highest BCUT2D eigenvalue weighted by Crippen LogP contribution is 2.49. The third kappa shape index (κ3) is 5.80. The molecule has 0 heterocycles. The van der Waals surface area contributed by atoms with Gasteiger partial charge in [-0.25, -0.2) is 0 Å². The zero-order chi connectivity index (χ0) is 23.8.